The molecule has 1 N–H and O–H groups in total. The zero-order valence-corrected chi connectivity index (χ0v) is 25.5. The molecule has 2 atom stereocenters. The first-order chi connectivity index (χ1) is 21.6. The summed E-state index contributed by atoms with van der Waals surface area (Å²) >= 11 is 0. The molecule has 2 aromatic carbocycles. The number of Topliss-reactive ketones (excluding diaryl/α,β-unsaturated/α-hetero) is 1. The highest BCUT2D eigenvalue weighted by molar-refractivity contribution is 5.86. The lowest BCUT2D eigenvalue weighted by molar-refractivity contribution is -0.137. The monoisotopic (exact) mass is 614 g/mol. The molecule has 1 fully saturated rings. The molecule has 0 spiro atoms. The zero-order chi connectivity index (χ0) is 31.7. The molecule has 6 nitrogen and oxygen atoms in total. The fourth-order valence-corrected chi connectivity index (χ4v) is 6.74. The van der Waals surface area contributed by atoms with Crippen molar-refractivity contribution in [1.29, 1.82) is 0 Å². The second-order valence-electron chi connectivity index (χ2n) is 12.2. The van der Waals surface area contributed by atoms with Gasteiger partial charge in [-0.1, -0.05) is 18.6 Å². The number of carbonyl (C=O) groups is 2. The van der Waals surface area contributed by atoms with E-state index in [4.69, 9.17) is 0 Å². The van der Waals surface area contributed by atoms with E-state index < -0.39 is 17.7 Å². The van der Waals surface area contributed by atoms with E-state index in [-0.39, 0.29) is 29.7 Å². The van der Waals surface area contributed by atoms with Crippen molar-refractivity contribution >= 4 is 33.9 Å². The molecule has 4 aromatic rings. The zero-order valence-electron chi connectivity index (χ0n) is 25.5. The number of aromatic nitrogens is 2. The summed E-state index contributed by atoms with van der Waals surface area (Å²) in [6, 6.07) is 16.6. The molecule has 9 heteroatoms. The summed E-state index contributed by atoms with van der Waals surface area (Å²) < 4.78 is 44.2. The van der Waals surface area contributed by atoms with Gasteiger partial charge in [0.15, 0.2) is 0 Å². The summed E-state index contributed by atoms with van der Waals surface area (Å²) in [5.41, 5.74) is 4.20. The Morgan fingerprint density at radius 1 is 0.956 bits per heavy atom. The van der Waals surface area contributed by atoms with Crippen LogP contribution in [0.4, 0.5) is 18.9 Å². The Hall–Kier alpha value is -4.40. The number of carbonyl (C=O) groups excluding carboxylic acids is 2. The van der Waals surface area contributed by atoms with Gasteiger partial charge in [0, 0.05) is 73.8 Å². The van der Waals surface area contributed by atoms with Crippen molar-refractivity contribution < 1.29 is 22.8 Å². The van der Waals surface area contributed by atoms with Gasteiger partial charge in [-0.25, -0.2) is 0 Å². The summed E-state index contributed by atoms with van der Waals surface area (Å²) in [7, 11) is 1.68. The maximum absolute atomic E-state index is 14.7. The number of alkyl halides is 3. The standard InChI is InChI=1S/C36H37F3N4O2/c1-23(44)24-5-3-4-17-43(18-14-24)34-10-7-27(20-31(34)36(37,38)39)29-8-11-35(45)42(2)22-30(29)33-21-26(12-15-41-33)25-6-9-32-28(19-25)13-16-40-32/h6-7,9-10,12-13,15-16,19-22,24,29,40H,3-5,8,11,14,17-18H2,1-2H3. The Morgan fingerprint density at radius 3 is 2.58 bits per heavy atom. The van der Waals surface area contributed by atoms with Crippen LogP contribution in [0, 0.1) is 5.92 Å². The Labute approximate surface area is 260 Å². The number of pyridine rings is 1. The lowest BCUT2D eigenvalue weighted by Gasteiger charge is -2.32. The summed E-state index contributed by atoms with van der Waals surface area (Å²) in [4.78, 5) is 36.1. The van der Waals surface area contributed by atoms with Crippen LogP contribution in [0.1, 0.15) is 68.2 Å². The van der Waals surface area contributed by atoms with E-state index in [1.54, 1.807) is 43.4 Å². The third-order valence-electron chi connectivity index (χ3n) is 9.31. The molecular formula is C36H37F3N4O2. The van der Waals surface area contributed by atoms with Crippen LogP contribution >= 0.6 is 0 Å². The number of fused-ring (bicyclic) bond motifs is 1. The van der Waals surface area contributed by atoms with Crippen LogP contribution in [0.25, 0.3) is 27.6 Å². The highest BCUT2D eigenvalue weighted by Gasteiger charge is 2.37. The van der Waals surface area contributed by atoms with E-state index in [9.17, 15) is 22.8 Å². The third-order valence-corrected chi connectivity index (χ3v) is 9.31. The highest BCUT2D eigenvalue weighted by atomic mass is 19.4. The first-order valence-electron chi connectivity index (χ1n) is 15.6. The van der Waals surface area contributed by atoms with Crippen molar-refractivity contribution in [2.45, 2.75) is 57.5 Å². The molecule has 4 heterocycles. The number of amides is 1. The average molecular weight is 615 g/mol. The molecule has 6 rings (SSSR count). The largest absolute Gasteiger partial charge is 0.418 e. The van der Waals surface area contributed by atoms with Crippen molar-refractivity contribution in [3.8, 4) is 11.1 Å². The van der Waals surface area contributed by atoms with Gasteiger partial charge < -0.3 is 14.8 Å². The predicted octanol–water partition coefficient (Wildman–Crippen LogP) is 8.21. The van der Waals surface area contributed by atoms with Gasteiger partial charge in [0.1, 0.15) is 5.78 Å². The summed E-state index contributed by atoms with van der Waals surface area (Å²) in [5.74, 6) is -0.600. The van der Waals surface area contributed by atoms with Crippen LogP contribution in [0.3, 0.4) is 0 Å². The van der Waals surface area contributed by atoms with E-state index in [0.29, 0.717) is 42.8 Å². The fourth-order valence-electron chi connectivity index (χ4n) is 6.74. The number of nitrogens with zero attached hydrogens (tertiary/aromatic N) is 3. The molecule has 2 aliphatic rings. The smallest absolute Gasteiger partial charge is 0.371 e. The third kappa shape index (κ3) is 6.53. The van der Waals surface area contributed by atoms with Gasteiger partial charge in [0.05, 0.1) is 11.3 Å². The number of ketones is 1. The predicted molar refractivity (Wildman–Crippen MR) is 171 cm³/mol. The number of benzene rings is 2. The molecule has 2 aliphatic heterocycles. The normalized spacial score (nSPS) is 20.0. The first kappa shape index (κ1) is 30.6. The molecular weight excluding hydrogens is 577 g/mol. The Bertz CT molecular complexity index is 1760. The molecule has 45 heavy (non-hydrogen) atoms. The maximum atomic E-state index is 14.7. The van der Waals surface area contributed by atoms with Crippen LogP contribution in [0.2, 0.25) is 0 Å². The van der Waals surface area contributed by atoms with Gasteiger partial charge in [-0.3, -0.25) is 14.6 Å². The van der Waals surface area contributed by atoms with Crippen LogP contribution in [0.5, 0.6) is 0 Å². The van der Waals surface area contributed by atoms with Gasteiger partial charge in [-0.15, -0.1) is 0 Å². The number of anilines is 1. The quantitative estimate of drug-likeness (QED) is 0.246. The topological polar surface area (TPSA) is 69.3 Å². The van der Waals surface area contributed by atoms with Crippen molar-refractivity contribution in [3.63, 3.8) is 0 Å². The molecule has 2 unspecified atom stereocenters. The molecule has 1 amide bonds. The molecule has 1 saturated heterocycles. The van der Waals surface area contributed by atoms with E-state index in [2.05, 4.69) is 16.0 Å². The van der Waals surface area contributed by atoms with Crippen LogP contribution in [-0.4, -0.2) is 46.7 Å². The second-order valence-corrected chi connectivity index (χ2v) is 12.2. The average Bonchev–Trinajstić information content (AvgIpc) is 3.42. The fraction of sp³-hybridized carbons (Fsp3) is 0.361. The van der Waals surface area contributed by atoms with Crippen LogP contribution in [-0.2, 0) is 15.8 Å². The van der Waals surface area contributed by atoms with Gasteiger partial charge >= 0.3 is 6.18 Å². The van der Waals surface area contributed by atoms with Crippen molar-refractivity contribution in [2.24, 2.45) is 5.92 Å². The minimum absolute atomic E-state index is 0.0955. The SMILES string of the molecule is CC(=O)C1CCCCN(c2ccc(C3CCC(=O)N(C)C=C3c3cc(-c4ccc5[nH]ccc5c4)ccn3)cc2C(F)(F)F)CC1. The minimum Gasteiger partial charge on any atom is -0.371 e. The number of halogens is 3. The van der Waals surface area contributed by atoms with Crippen molar-refractivity contribution in [1.82, 2.24) is 14.9 Å². The molecule has 0 aliphatic carbocycles. The van der Waals surface area contributed by atoms with E-state index in [1.807, 2.05) is 36.5 Å². The summed E-state index contributed by atoms with van der Waals surface area (Å²) in [6.07, 6.45) is 4.16. The number of aromatic amines is 1. The lowest BCUT2D eigenvalue weighted by Crippen LogP contribution is -2.32. The molecule has 0 bridgehead atoms. The van der Waals surface area contributed by atoms with E-state index >= 15 is 0 Å². The molecule has 0 saturated carbocycles. The number of hydrogen-bond acceptors (Lipinski definition) is 4. The number of allylic oxidation sites excluding steroid dienone is 1. The van der Waals surface area contributed by atoms with Gasteiger partial charge in [0.25, 0.3) is 0 Å². The van der Waals surface area contributed by atoms with Gasteiger partial charge in [-0.05, 0) is 97.1 Å². The van der Waals surface area contributed by atoms with Crippen molar-refractivity contribution in [2.75, 3.05) is 25.0 Å². The Kier molecular flexibility index (Phi) is 8.53. The Balaban J connectivity index is 1.39. The van der Waals surface area contributed by atoms with Crippen LogP contribution < -0.4 is 4.90 Å². The second kappa shape index (κ2) is 12.5. The lowest BCUT2D eigenvalue weighted by atomic mass is 9.84. The number of H-pyrrole nitrogens is 1. The van der Waals surface area contributed by atoms with E-state index in [1.165, 1.54) is 11.0 Å². The van der Waals surface area contributed by atoms with Gasteiger partial charge in [-0.2, -0.15) is 13.2 Å². The summed E-state index contributed by atoms with van der Waals surface area (Å²) in [5, 5.41) is 1.07. The number of nitrogens with one attached hydrogen (secondary N) is 1. The van der Waals surface area contributed by atoms with Crippen molar-refractivity contribution in [3.05, 3.63) is 90.0 Å². The number of rotatable bonds is 5. The minimum atomic E-state index is -4.58. The number of hydrogen-bond donors (Lipinski definition) is 1. The molecule has 2 aromatic heterocycles. The van der Waals surface area contributed by atoms with Crippen LogP contribution in [0.15, 0.2) is 73.2 Å². The maximum Gasteiger partial charge on any atom is 0.418 e. The van der Waals surface area contributed by atoms with E-state index in [0.717, 1.165) is 41.3 Å². The first-order valence-corrected chi connectivity index (χ1v) is 15.6. The van der Waals surface area contributed by atoms with Gasteiger partial charge in [0.2, 0.25) is 5.91 Å². The molecule has 0 radical (unpaired) electrons. The highest BCUT2D eigenvalue weighted by Crippen LogP contribution is 2.44. The Morgan fingerprint density at radius 2 is 1.78 bits per heavy atom. The summed E-state index contributed by atoms with van der Waals surface area (Å²) in [6.45, 7) is 2.47. The molecule has 234 valence electrons.